The number of imidazole rings is 1. The van der Waals surface area contributed by atoms with Crippen LogP contribution in [0.5, 0.6) is 0 Å². The summed E-state index contributed by atoms with van der Waals surface area (Å²) in [5.41, 5.74) is 0.761. The van der Waals surface area contributed by atoms with E-state index in [2.05, 4.69) is 39.7 Å². The Morgan fingerprint density at radius 3 is 3.00 bits per heavy atom. The molecule has 2 rings (SSSR count). The Morgan fingerprint density at radius 2 is 2.33 bits per heavy atom. The molecule has 15 heavy (non-hydrogen) atoms. The normalized spacial score (nSPS) is 16.0. The lowest BCUT2D eigenvalue weighted by molar-refractivity contribution is 1.09. The van der Waals surface area contributed by atoms with E-state index in [-0.39, 0.29) is 0 Å². The minimum atomic E-state index is 0.761. The largest absolute Gasteiger partial charge is 0.337 e. The third-order valence-corrected chi connectivity index (χ3v) is 2.49. The molecule has 0 spiro atoms. The van der Waals surface area contributed by atoms with Crippen molar-refractivity contribution in [1.82, 2.24) is 9.97 Å². The Balaban J connectivity index is 2.52. The molecule has 0 unspecified atom stereocenters. The predicted molar refractivity (Wildman–Crippen MR) is 67.1 cm³/mol. The van der Waals surface area contributed by atoms with Crippen LogP contribution in [0.2, 0.25) is 0 Å². The van der Waals surface area contributed by atoms with E-state index >= 15 is 0 Å². The van der Waals surface area contributed by atoms with Crippen LogP contribution in [-0.4, -0.2) is 16.2 Å². The second-order valence-corrected chi connectivity index (χ2v) is 3.53. The van der Waals surface area contributed by atoms with Crippen molar-refractivity contribution in [3.05, 3.63) is 21.9 Å². The summed E-state index contributed by atoms with van der Waals surface area (Å²) in [7, 11) is 0. The molecule has 3 nitrogen and oxygen atoms in total. The Bertz CT molecular complexity index is 489. The Kier molecular flexibility index (Phi) is 3.06. The van der Waals surface area contributed by atoms with E-state index in [0.29, 0.717) is 0 Å². The van der Waals surface area contributed by atoms with E-state index < -0.39 is 0 Å². The molecule has 0 fully saturated rings. The van der Waals surface area contributed by atoms with Crippen molar-refractivity contribution in [2.45, 2.75) is 19.8 Å². The van der Waals surface area contributed by atoms with Gasteiger partial charge < -0.3 is 4.98 Å². The first-order valence-corrected chi connectivity index (χ1v) is 5.46. The van der Waals surface area contributed by atoms with Gasteiger partial charge in [0.15, 0.2) is 5.82 Å². The van der Waals surface area contributed by atoms with Crippen molar-refractivity contribution < 1.29 is 0 Å². The number of aromatic amines is 1. The maximum atomic E-state index is 4.47. The summed E-state index contributed by atoms with van der Waals surface area (Å²) in [6.45, 7) is 1.87. The fourth-order valence-electron chi connectivity index (χ4n) is 1.58. The monoisotopic (exact) mass is 219 g/mol. The number of aliphatic imine (C=N–C) groups is 1. The zero-order chi connectivity index (χ0) is 10.7. The molecule has 1 aliphatic rings. The van der Waals surface area contributed by atoms with Crippen LogP contribution in [0, 0.1) is 0 Å². The van der Waals surface area contributed by atoms with Gasteiger partial charge in [0, 0.05) is 6.21 Å². The topological polar surface area (TPSA) is 41.0 Å². The average Bonchev–Trinajstić information content (AvgIpc) is 2.69. The van der Waals surface area contributed by atoms with E-state index in [1.807, 2.05) is 6.92 Å². The SMILES string of the molecule is CC=N/C(=C\S)c1nc2c([nH]1)=CCCC=2. The quantitative estimate of drug-likeness (QED) is 0.567. The van der Waals surface area contributed by atoms with Crippen LogP contribution in [0.15, 0.2) is 10.4 Å². The van der Waals surface area contributed by atoms with Gasteiger partial charge in [-0.15, -0.1) is 12.6 Å². The minimum Gasteiger partial charge on any atom is -0.337 e. The van der Waals surface area contributed by atoms with Gasteiger partial charge in [0.25, 0.3) is 0 Å². The second kappa shape index (κ2) is 4.49. The molecule has 0 aliphatic heterocycles. The number of hydrogen-bond acceptors (Lipinski definition) is 3. The van der Waals surface area contributed by atoms with Crippen LogP contribution in [0.1, 0.15) is 25.6 Å². The molecular weight excluding hydrogens is 206 g/mol. The van der Waals surface area contributed by atoms with Gasteiger partial charge in [0.05, 0.1) is 10.7 Å². The van der Waals surface area contributed by atoms with Gasteiger partial charge >= 0.3 is 0 Å². The molecule has 1 aromatic heterocycles. The molecule has 0 radical (unpaired) electrons. The molecule has 0 aromatic carbocycles. The van der Waals surface area contributed by atoms with E-state index in [9.17, 15) is 0 Å². The van der Waals surface area contributed by atoms with Gasteiger partial charge in [-0.05, 0) is 25.2 Å². The summed E-state index contributed by atoms with van der Waals surface area (Å²) in [6.07, 6.45) is 8.18. The standard InChI is InChI=1S/C11H13N3S/c1-2-12-10(7-15)11-13-8-5-3-4-6-9(8)14-11/h2,5-7,15H,3-4H2,1H3,(H,13,14)/b10-7-,12-2?. The molecular formula is C11H13N3S. The fraction of sp³-hybridized carbons (Fsp3) is 0.273. The minimum absolute atomic E-state index is 0.761. The molecule has 0 bridgehead atoms. The smallest absolute Gasteiger partial charge is 0.157 e. The highest BCUT2D eigenvalue weighted by molar-refractivity contribution is 7.83. The van der Waals surface area contributed by atoms with Gasteiger partial charge in [-0.25, -0.2) is 4.98 Å². The highest BCUT2D eigenvalue weighted by Crippen LogP contribution is 2.09. The summed E-state index contributed by atoms with van der Waals surface area (Å²) in [5.74, 6) is 0.780. The van der Waals surface area contributed by atoms with Crippen molar-refractivity contribution in [1.29, 1.82) is 0 Å². The lowest BCUT2D eigenvalue weighted by Crippen LogP contribution is -2.26. The number of H-pyrrole nitrogens is 1. The van der Waals surface area contributed by atoms with E-state index in [1.54, 1.807) is 11.6 Å². The Morgan fingerprint density at radius 1 is 1.53 bits per heavy atom. The van der Waals surface area contributed by atoms with Crippen molar-refractivity contribution in [3.8, 4) is 0 Å². The average molecular weight is 219 g/mol. The van der Waals surface area contributed by atoms with E-state index in [4.69, 9.17) is 0 Å². The highest BCUT2D eigenvalue weighted by atomic mass is 32.1. The third-order valence-electron chi connectivity index (χ3n) is 2.25. The molecule has 0 amide bonds. The van der Waals surface area contributed by atoms with Gasteiger partial charge in [-0.1, -0.05) is 12.2 Å². The number of aromatic nitrogens is 2. The first kappa shape index (κ1) is 10.2. The van der Waals surface area contributed by atoms with Crippen LogP contribution in [0.3, 0.4) is 0 Å². The summed E-state index contributed by atoms with van der Waals surface area (Å²) >= 11 is 4.12. The lowest BCUT2D eigenvalue weighted by Gasteiger charge is -1.92. The number of rotatable bonds is 2. The Labute approximate surface area is 93.8 Å². The summed E-state index contributed by atoms with van der Waals surface area (Å²) in [6, 6.07) is 0. The van der Waals surface area contributed by atoms with Crippen LogP contribution >= 0.6 is 12.6 Å². The van der Waals surface area contributed by atoms with Gasteiger partial charge in [0.2, 0.25) is 0 Å². The number of thiol groups is 1. The summed E-state index contributed by atoms with van der Waals surface area (Å²) in [5, 5.41) is 3.77. The maximum absolute atomic E-state index is 4.47. The van der Waals surface area contributed by atoms with Crippen LogP contribution in [0.25, 0.3) is 17.8 Å². The zero-order valence-electron chi connectivity index (χ0n) is 8.57. The Hall–Kier alpha value is -1.29. The van der Waals surface area contributed by atoms with Crippen LogP contribution < -0.4 is 10.7 Å². The van der Waals surface area contributed by atoms with Crippen LogP contribution in [0.4, 0.5) is 0 Å². The highest BCUT2D eigenvalue weighted by Gasteiger charge is 2.04. The lowest BCUT2D eigenvalue weighted by atomic mass is 10.2. The molecule has 0 saturated heterocycles. The molecule has 1 heterocycles. The molecule has 1 aliphatic carbocycles. The molecule has 4 heteroatoms. The number of nitrogens with zero attached hydrogens (tertiary/aromatic N) is 2. The number of hydrogen-bond donors (Lipinski definition) is 2. The fourth-order valence-corrected chi connectivity index (χ4v) is 1.76. The van der Waals surface area contributed by atoms with Gasteiger partial charge in [-0.3, -0.25) is 4.99 Å². The molecule has 0 atom stereocenters. The van der Waals surface area contributed by atoms with E-state index in [0.717, 1.165) is 35.1 Å². The van der Waals surface area contributed by atoms with Gasteiger partial charge in [-0.2, -0.15) is 0 Å². The first-order chi connectivity index (χ1) is 7.35. The first-order valence-electron chi connectivity index (χ1n) is 4.95. The number of fused-ring (bicyclic) bond motifs is 1. The summed E-state index contributed by atoms with van der Waals surface area (Å²) in [4.78, 5) is 11.9. The van der Waals surface area contributed by atoms with Crippen molar-refractivity contribution in [2.24, 2.45) is 4.99 Å². The second-order valence-electron chi connectivity index (χ2n) is 3.27. The van der Waals surface area contributed by atoms with E-state index in [1.165, 1.54) is 0 Å². The zero-order valence-corrected chi connectivity index (χ0v) is 9.46. The molecule has 0 saturated carbocycles. The van der Waals surface area contributed by atoms with Crippen molar-refractivity contribution in [2.75, 3.05) is 0 Å². The van der Waals surface area contributed by atoms with Crippen LogP contribution in [-0.2, 0) is 0 Å². The maximum Gasteiger partial charge on any atom is 0.157 e. The van der Waals surface area contributed by atoms with Crippen molar-refractivity contribution >= 4 is 36.7 Å². The predicted octanol–water partition coefficient (Wildman–Crippen LogP) is 1.08. The molecule has 1 aromatic rings. The molecule has 78 valence electrons. The molecule has 1 N–H and O–H groups in total. The van der Waals surface area contributed by atoms with Gasteiger partial charge in [0.1, 0.15) is 5.70 Å². The van der Waals surface area contributed by atoms with Crippen molar-refractivity contribution in [3.63, 3.8) is 0 Å². The third kappa shape index (κ3) is 2.04. The number of nitrogens with one attached hydrogen (secondary N) is 1. The summed E-state index contributed by atoms with van der Waals surface area (Å²) < 4.78 is 0.